The van der Waals surface area contributed by atoms with Crippen LogP contribution in [0, 0.1) is 0 Å². The van der Waals surface area contributed by atoms with E-state index in [1.54, 1.807) is 60.7 Å². The summed E-state index contributed by atoms with van der Waals surface area (Å²) in [6.45, 7) is 0. The summed E-state index contributed by atoms with van der Waals surface area (Å²) < 4.78 is 15.8. The lowest BCUT2D eigenvalue weighted by Gasteiger charge is -2.10. The number of esters is 1. The van der Waals surface area contributed by atoms with Crippen LogP contribution in [0.2, 0.25) is 5.02 Å². The molecule has 0 spiro atoms. The van der Waals surface area contributed by atoms with Crippen molar-refractivity contribution in [3.05, 3.63) is 82.9 Å². The Labute approximate surface area is 200 Å². The molecule has 2 N–H and O–H groups in total. The molecular formula is C24H20ClN3O6. The summed E-state index contributed by atoms with van der Waals surface area (Å²) in [5.74, 6) is -1.51. The molecule has 0 aromatic heterocycles. The Bertz CT molecular complexity index is 1240. The fraction of sp³-hybridized carbons (Fsp3) is 0.0833. The smallest absolute Gasteiger partial charge is 0.343 e. The highest BCUT2D eigenvalue weighted by molar-refractivity contribution is 6.41. The normalized spacial score (nSPS) is 10.4. The third kappa shape index (κ3) is 6.33. The van der Waals surface area contributed by atoms with E-state index >= 15 is 0 Å². The largest absolute Gasteiger partial charge is 0.497 e. The van der Waals surface area contributed by atoms with Crippen molar-refractivity contribution in [2.45, 2.75) is 0 Å². The fourth-order valence-corrected chi connectivity index (χ4v) is 2.90. The maximum atomic E-state index is 12.4. The Morgan fingerprint density at radius 2 is 1.68 bits per heavy atom. The molecule has 0 aliphatic heterocycles. The van der Waals surface area contributed by atoms with Gasteiger partial charge < -0.3 is 19.5 Å². The summed E-state index contributed by atoms with van der Waals surface area (Å²) in [4.78, 5) is 36.4. The van der Waals surface area contributed by atoms with Gasteiger partial charge in [0, 0.05) is 0 Å². The summed E-state index contributed by atoms with van der Waals surface area (Å²) in [5, 5.41) is 6.45. The second-order valence-electron chi connectivity index (χ2n) is 6.66. The van der Waals surface area contributed by atoms with Gasteiger partial charge in [0.05, 0.1) is 36.7 Å². The topological polar surface area (TPSA) is 115 Å². The van der Waals surface area contributed by atoms with Crippen LogP contribution in [0.4, 0.5) is 5.69 Å². The van der Waals surface area contributed by atoms with E-state index in [0.717, 1.165) is 0 Å². The standard InChI is InChI=1S/C24H20ClN3O6/c1-32-17-7-5-6-16(13-17)24(31)34-20-11-10-15(12-21(20)33-2)14-26-28-23(30)22(29)27-19-9-4-3-8-18(19)25/h3-14H,1-2H3,(H,27,29)(H,28,30). The first-order chi connectivity index (χ1) is 16.4. The van der Waals surface area contributed by atoms with Crippen molar-refractivity contribution >= 4 is 41.3 Å². The first kappa shape index (κ1) is 24.3. The maximum absolute atomic E-state index is 12.4. The monoisotopic (exact) mass is 481 g/mol. The van der Waals surface area contributed by atoms with Crippen molar-refractivity contribution in [3.8, 4) is 17.2 Å². The molecule has 0 atom stereocenters. The highest BCUT2D eigenvalue weighted by atomic mass is 35.5. The quantitative estimate of drug-likeness (QED) is 0.175. The molecule has 3 rings (SSSR count). The minimum absolute atomic E-state index is 0.190. The Kier molecular flexibility index (Phi) is 8.20. The zero-order valence-electron chi connectivity index (χ0n) is 18.2. The third-order valence-electron chi connectivity index (χ3n) is 4.40. The number of hydrogen-bond donors (Lipinski definition) is 2. The second-order valence-corrected chi connectivity index (χ2v) is 7.07. The fourth-order valence-electron chi connectivity index (χ4n) is 2.72. The predicted octanol–water partition coefficient (Wildman–Crippen LogP) is 3.67. The first-order valence-electron chi connectivity index (χ1n) is 9.84. The Morgan fingerprint density at radius 3 is 2.41 bits per heavy atom. The van der Waals surface area contributed by atoms with Crippen molar-refractivity contribution in [2.24, 2.45) is 5.10 Å². The van der Waals surface area contributed by atoms with Gasteiger partial charge >= 0.3 is 17.8 Å². The van der Waals surface area contributed by atoms with Crippen molar-refractivity contribution in [2.75, 3.05) is 19.5 Å². The number of nitrogens with zero attached hydrogens (tertiary/aromatic N) is 1. The van der Waals surface area contributed by atoms with Crippen LogP contribution in [0.5, 0.6) is 17.2 Å². The van der Waals surface area contributed by atoms with Gasteiger partial charge in [0.15, 0.2) is 11.5 Å². The van der Waals surface area contributed by atoms with E-state index < -0.39 is 17.8 Å². The van der Waals surface area contributed by atoms with Crippen molar-refractivity contribution < 1.29 is 28.6 Å². The molecule has 34 heavy (non-hydrogen) atoms. The number of para-hydroxylation sites is 1. The molecule has 0 heterocycles. The number of anilines is 1. The lowest BCUT2D eigenvalue weighted by atomic mass is 10.2. The molecule has 0 bridgehead atoms. The number of amides is 2. The summed E-state index contributed by atoms with van der Waals surface area (Å²) in [7, 11) is 2.92. The first-order valence-corrected chi connectivity index (χ1v) is 10.2. The van der Waals surface area contributed by atoms with E-state index in [1.807, 2.05) is 0 Å². The van der Waals surface area contributed by atoms with Crippen LogP contribution < -0.4 is 25.0 Å². The molecule has 3 aromatic carbocycles. The molecule has 3 aromatic rings. The second kappa shape index (κ2) is 11.5. The zero-order chi connectivity index (χ0) is 24.5. The number of rotatable bonds is 7. The molecule has 0 aliphatic rings. The van der Waals surface area contributed by atoms with Crippen molar-refractivity contribution in [3.63, 3.8) is 0 Å². The van der Waals surface area contributed by atoms with Gasteiger partial charge in [-0.2, -0.15) is 5.10 Å². The maximum Gasteiger partial charge on any atom is 0.343 e. The van der Waals surface area contributed by atoms with Crippen LogP contribution in [0.1, 0.15) is 15.9 Å². The van der Waals surface area contributed by atoms with Gasteiger partial charge in [-0.3, -0.25) is 9.59 Å². The van der Waals surface area contributed by atoms with Crippen LogP contribution in [0.15, 0.2) is 71.8 Å². The van der Waals surface area contributed by atoms with Gasteiger partial charge in [-0.25, -0.2) is 10.2 Å². The number of benzene rings is 3. The van der Waals surface area contributed by atoms with Crippen LogP contribution >= 0.6 is 11.6 Å². The van der Waals surface area contributed by atoms with Crippen LogP contribution in [-0.2, 0) is 9.59 Å². The Morgan fingerprint density at radius 1 is 0.882 bits per heavy atom. The van der Waals surface area contributed by atoms with Gasteiger partial charge in [-0.15, -0.1) is 0 Å². The molecule has 0 fully saturated rings. The summed E-state index contributed by atoms with van der Waals surface area (Å²) >= 11 is 5.95. The highest BCUT2D eigenvalue weighted by Crippen LogP contribution is 2.28. The molecular weight excluding hydrogens is 462 g/mol. The average Bonchev–Trinajstić information content (AvgIpc) is 2.86. The lowest BCUT2D eigenvalue weighted by molar-refractivity contribution is -0.136. The lowest BCUT2D eigenvalue weighted by Crippen LogP contribution is -2.32. The van der Waals surface area contributed by atoms with E-state index in [9.17, 15) is 14.4 Å². The molecule has 0 aliphatic carbocycles. The molecule has 9 nitrogen and oxygen atoms in total. The van der Waals surface area contributed by atoms with E-state index in [1.165, 1.54) is 26.5 Å². The van der Waals surface area contributed by atoms with Gasteiger partial charge in [0.25, 0.3) is 0 Å². The number of carbonyl (C=O) groups excluding carboxylic acids is 3. The van der Waals surface area contributed by atoms with Crippen LogP contribution in [0.25, 0.3) is 0 Å². The predicted molar refractivity (Wildman–Crippen MR) is 127 cm³/mol. The summed E-state index contributed by atoms with van der Waals surface area (Å²) in [5.41, 5.74) is 3.26. The SMILES string of the molecule is COc1cccc(C(=O)Oc2ccc(C=NNC(=O)C(=O)Nc3ccccc3Cl)cc2OC)c1. The van der Waals surface area contributed by atoms with E-state index in [0.29, 0.717) is 27.6 Å². The van der Waals surface area contributed by atoms with Crippen molar-refractivity contribution in [1.82, 2.24) is 5.43 Å². The number of hydrogen-bond acceptors (Lipinski definition) is 7. The summed E-state index contributed by atoms with van der Waals surface area (Å²) in [6, 6.07) is 17.7. The zero-order valence-corrected chi connectivity index (χ0v) is 19.0. The van der Waals surface area contributed by atoms with Gasteiger partial charge in [0.2, 0.25) is 0 Å². The minimum atomic E-state index is -0.980. The highest BCUT2D eigenvalue weighted by Gasteiger charge is 2.15. The van der Waals surface area contributed by atoms with Crippen LogP contribution in [0.3, 0.4) is 0 Å². The summed E-state index contributed by atoms with van der Waals surface area (Å²) in [6.07, 6.45) is 1.30. The molecule has 0 saturated carbocycles. The molecule has 2 amide bonds. The number of hydrazone groups is 1. The number of halogens is 1. The number of methoxy groups -OCH3 is 2. The molecule has 0 saturated heterocycles. The molecule has 174 valence electrons. The van der Waals surface area contributed by atoms with Gasteiger partial charge in [0.1, 0.15) is 5.75 Å². The third-order valence-corrected chi connectivity index (χ3v) is 4.73. The van der Waals surface area contributed by atoms with E-state index in [-0.39, 0.29) is 11.5 Å². The average molecular weight is 482 g/mol. The minimum Gasteiger partial charge on any atom is -0.497 e. The van der Waals surface area contributed by atoms with Gasteiger partial charge in [-0.05, 0) is 54.1 Å². The van der Waals surface area contributed by atoms with Gasteiger partial charge in [-0.1, -0.05) is 29.8 Å². The Hall–Kier alpha value is -4.37. The molecule has 0 radical (unpaired) electrons. The van der Waals surface area contributed by atoms with E-state index in [2.05, 4.69) is 15.8 Å². The number of nitrogens with one attached hydrogen (secondary N) is 2. The van der Waals surface area contributed by atoms with Crippen molar-refractivity contribution in [1.29, 1.82) is 0 Å². The number of carbonyl (C=O) groups is 3. The number of ether oxygens (including phenoxy) is 3. The molecule has 0 unspecified atom stereocenters. The molecule has 10 heteroatoms. The van der Waals surface area contributed by atoms with E-state index in [4.69, 9.17) is 25.8 Å². The van der Waals surface area contributed by atoms with Crippen LogP contribution in [-0.4, -0.2) is 38.2 Å². The Balaban J connectivity index is 1.62.